The summed E-state index contributed by atoms with van der Waals surface area (Å²) in [6.07, 6.45) is 2.92. The number of carbonyl (C=O) groups excluding carboxylic acids is 4. The van der Waals surface area contributed by atoms with Crippen molar-refractivity contribution in [2.24, 2.45) is 0 Å². The average Bonchev–Trinajstić information content (AvgIpc) is 3.58. The van der Waals surface area contributed by atoms with Gasteiger partial charge in [-0.1, -0.05) is 60.7 Å². The smallest absolute Gasteiger partial charge is 0.246 e. The lowest BCUT2D eigenvalue weighted by Crippen LogP contribution is -2.56. The molecule has 4 amide bonds. The summed E-state index contributed by atoms with van der Waals surface area (Å²) in [6, 6.07) is 16.3. The fourth-order valence-corrected chi connectivity index (χ4v) is 5.68. The van der Waals surface area contributed by atoms with E-state index in [0.29, 0.717) is 32.4 Å². The highest BCUT2D eigenvalue weighted by atomic mass is 16.2. The number of hydrogen-bond acceptors (Lipinski definition) is 4. The zero-order chi connectivity index (χ0) is 25.1. The van der Waals surface area contributed by atoms with E-state index < -0.39 is 24.2 Å². The number of hydrogen-bond donors (Lipinski definition) is 2. The van der Waals surface area contributed by atoms with Gasteiger partial charge in [0.15, 0.2) is 0 Å². The second-order valence-corrected chi connectivity index (χ2v) is 9.87. The van der Waals surface area contributed by atoms with Gasteiger partial charge in [0.25, 0.3) is 0 Å². The molecule has 2 aromatic carbocycles. The molecule has 3 saturated heterocycles. The minimum absolute atomic E-state index is 0.00157. The van der Waals surface area contributed by atoms with Crippen LogP contribution in [0.15, 0.2) is 60.7 Å². The van der Waals surface area contributed by atoms with Crippen LogP contribution in [-0.4, -0.2) is 64.6 Å². The Hall–Kier alpha value is -3.68. The fourth-order valence-electron chi connectivity index (χ4n) is 5.68. The summed E-state index contributed by atoms with van der Waals surface area (Å²) in [6.45, 7) is 0.962. The van der Waals surface area contributed by atoms with Gasteiger partial charge in [0.05, 0.1) is 12.5 Å². The molecular weight excluding hydrogens is 456 g/mol. The molecule has 0 aliphatic carbocycles. The van der Waals surface area contributed by atoms with Crippen LogP contribution >= 0.6 is 0 Å². The molecule has 1 unspecified atom stereocenters. The van der Waals surface area contributed by atoms with E-state index in [0.717, 1.165) is 24.0 Å². The Kier molecular flexibility index (Phi) is 7.02. The van der Waals surface area contributed by atoms with Gasteiger partial charge in [-0.05, 0) is 36.8 Å². The maximum absolute atomic E-state index is 13.8. The van der Waals surface area contributed by atoms with Crippen molar-refractivity contribution in [1.82, 2.24) is 20.4 Å². The molecule has 3 aliphatic rings. The Labute approximate surface area is 211 Å². The van der Waals surface area contributed by atoms with E-state index in [1.165, 1.54) is 0 Å². The number of nitrogens with one attached hydrogen (secondary N) is 2. The van der Waals surface area contributed by atoms with Gasteiger partial charge in [-0.2, -0.15) is 0 Å². The van der Waals surface area contributed by atoms with Gasteiger partial charge in [0, 0.05) is 19.5 Å². The van der Waals surface area contributed by atoms with Crippen LogP contribution in [0.2, 0.25) is 0 Å². The van der Waals surface area contributed by atoms with Gasteiger partial charge in [-0.25, -0.2) is 0 Å². The van der Waals surface area contributed by atoms with Crippen LogP contribution in [0.25, 0.3) is 0 Å². The molecule has 5 rings (SSSR count). The van der Waals surface area contributed by atoms with Crippen molar-refractivity contribution in [2.75, 3.05) is 13.1 Å². The quantitative estimate of drug-likeness (QED) is 0.690. The monoisotopic (exact) mass is 488 g/mol. The predicted molar refractivity (Wildman–Crippen MR) is 133 cm³/mol. The number of benzene rings is 2. The SMILES string of the molecule is O=C1CC(c2ccccc2)NC(=O)[C@@H]2CCCN2C(=O)[C@@H]2CCCN2C(=O)[C@H](Cc2ccccc2)N1. The second kappa shape index (κ2) is 10.5. The fraction of sp³-hybridized carbons (Fsp3) is 0.429. The van der Waals surface area contributed by atoms with Crippen LogP contribution < -0.4 is 10.6 Å². The normalized spacial score (nSPS) is 27.3. The van der Waals surface area contributed by atoms with E-state index in [-0.39, 0.29) is 30.0 Å². The Bertz CT molecular complexity index is 1120. The lowest BCUT2D eigenvalue weighted by Gasteiger charge is -2.32. The highest BCUT2D eigenvalue weighted by Crippen LogP contribution is 2.27. The van der Waals surface area contributed by atoms with Crippen molar-refractivity contribution < 1.29 is 19.2 Å². The lowest BCUT2D eigenvalue weighted by molar-refractivity contribution is -0.147. The third-order valence-corrected chi connectivity index (χ3v) is 7.48. The van der Waals surface area contributed by atoms with Crippen molar-refractivity contribution in [3.05, 3.63) is 71.8 Å². The van der Waals surface area contributed by atoms with Gasteiger partial charge in [-0.3, -0.25) is 19.2 Å². The number of amides is 4. The third-order valence-electron chi connectivity index (χ3n) is 7.48. The minimum Gasteiger partial charge on any atom is -0.347 e. The van der Waals surface area contributed by atoms with Crippen LogP contribution in [0.3, 0.4) is 0 Å². The van der Waals surface area contributed by atoms with E-state index in [4.69, 9.17) is 0 Å². The molecule has 3 heterocycles. The molecule has 0 saturated carbocycles. The molecule has 3 fully saturated rings. The Balaban J connectivity index is 1.50. The molecule has 0 bridgehead atoms. The molecule has 0 radical (unpaired) electrons. The zero-order valence-electron chi connectivity index (χ0n) is 20.3. The zero-order valence-corrected chi connectivity index (χ0v) is 20.3. The summed E-state index contributed by atoms with van der Waals surface area (Å²) in [4.78, 5) is 57.4. The van der Waals surface area contributed by atoms with Gasteiger partial charge >= 0.3 is 0 Å². The number of fused-ring (bicyclic) bond motifs is 2. The van der Waals surface area contributed by atoms with E-state index in [1.807, 2.05) is 60.7 Å². The van der Waals surface area contributed by atoms with E-state index in [9.17, 15) is 19.2 Å². The summed E-state index contributed by atoms with van der Waals surface area (Å²) in [5.74, 6) is -0.978. The third kappa shape index (κ3) is 4.98. The Morgan fingerprint density at radius 1 is 0.722 bits per heavy atom. The van der Waals surface area contributed by atoms with Crippen molar-refractivity contribution in [2.45, 2.75) is 62.7 Å². The van der Waals surface area contributed by atoms with Gasteiger partial charge < -0.3 is 20.4 Å². The van der Waals surface area contributed by atoms with Crippen LogP contribution in [-0.2, 0) is 25.6 Å². The molecule has 8 heteroatoms. The Morgan fingerprint density at radius 2 is 1.33 bits per heavy atom. The highest BCUT2D eigenvalue weighted by Gasteiger charge is 2.44. The van der Waals surface area contributed by atoms with Crippen molar-refractivity contribution >= 4 is 23.6 Å². The second-order valence-electron chi connectivity index (χ2n) is 9.87. The van der Waals surface area contributed by atoms with Crippen molar-refractivity contribution in [3.63, 3.8) is 0 Å². The predicted octanol–water partition coefficient (Wildman–Crippen LogP) is 1.96. The molecule has 188 valence electrons. The van der Waals surface area contributed by atoms with Crippen molar-refractivity contribution in [3.8, 4) is 0 Å². The average molecular weight is 489 g/mol. The molecular formula is C28H32N4O4. The molecule has 8 nitrogen and oxygen atoms in total. The molecule has 0 aromatic heterocycles. The first kappa shape index (κ1) is 24.0. The molecule has 3 aliphatic heterocycles. The lowest BCUT2D eigenvalue weighted by atomic mass is 10.0. The summed E-state index contributed by atoms with van der Waals surface area (Å²) in [5.41, 5.74) is 1.73. The van der Waals surface area contributed by atoms with Crippen LogP contribution in [0.4, 0.5) is 0 Å². The molecule has 4 atom stereocenters. The first-order valence-corrected chi connectivity index (χ1v) is 12.8. The summed E-state index contributed by atoms with van der Waals surface area (Å²) < 4.78 is 0. The summed E-state index contributed by atoms with van der Waals surface area (Å²) in [7, 11) is 0. The first-order valence-electron chi connectivity index (χ1n) is 12.8. The maximum Gasteiger partial charge on any atom is 0.246 e. The van der Waals surface area contributed by atoms with E-state index in [2.05, 4.69) is 10.6 Å². The molecule has 0 spiro atoms. The van der Waals surface area contributed by atoms with Gasteiger partial charge in [0.1, 0.15) is 18.1 Å². The summed E-state index contributed by atoms with van der Waals surface area (Å²) >= 11 is 0. The summed E-state index contributed by atoms with van der Waals surface area (Å²) in [5, 5.41) is 5.98. The maximum atomic E-state index is 13.8. The minimum atomic E-state index is -0.796. The van der Waals surface area contributed by atoms with Crippen LogP contribution in [0.1, 0.15) is 49.3 Å². The Morgan fingerprint density at radius 3 is 2.03 bits per heavy atom. The van der Waals surface area contributed by atoms with Gasteiger partial charge in [0.2, 0.25) is 23.6 Å². The van der Waals surface area contributed by atoms with Crippen LogP contribution in [0, 0.1) is 0 Å². The topological polar surface area (TPSA) is 98.8 Å². The first-order chi connectivity index (χ1) is 17.5. The molecule has 2 aromatic rings. The van der Waals surface area contributed by atoms with E-state index >= 15 is 0 Å². The van der Waals surface area contributed by atoms with Crippen molar-refractivity contribution in [1.29, 1.82) is 0 Å². The number of carbonyl (C=O) groups is 4. The largest absolute Gasteiger partial charge is 0.347 e. The standard InChI is InChI=1S/C28H32N4O4/c33-25-18-21(20-11-5-2-6-12-20)30-26(34)23-13-7-15-31(23)28(36)24-14-8-16-32(24)27(35)22(29-25)17-19-9-3-1-4-10-19/h1-6,9-12,21-24H,7-8,13-18H2,(H,29,33)(H,30,34)/t21?,22-,23-,24-/m0/s1. The van der Waals surface area contributed by atoms with E-state index in [1.54, 1.807) is 9.80 Å². The van der Waals surface area contributed by atoms with Gasteiger partial charge in [-0.15, -0.1) is 0 Å². The highest BCUT2D eigenvalue weighted by molar-refractivity contribution is 5.96. The number of nitrogens with zero attached hydrogens (tertiary/aromatic N) is 2. The van der Waals surface area contributed by atoms with Crippen LogP contribution in [0.5, 0.6) is 0 Å². The molecule has 2 N–H and O–H groups in total. The number of rotatable bonds is 3. The molecule has 36 heavy (non-hydrogen) atoms.